The SMILES string of the molecule is NC(=O)C1CCN(C(=O)c2cn3ncnc(N)c3c2-c2ccc(Nc3nc4c(F)cc(F)cc4[nH]3)cc2)CC1. The van der Waals surface area contributed by atoms with E-state index in [9.17, 15) is 18.4 Å². The van der Waals surface area contributed by atoms with Crippen molar-refractivity contribution in [3.63, 3.8) is 0 Å². The Bertz CT molecular complexity index is 1740. The number of imidazole rings is 1. The summed E-state index contributed by atoms with van der Waals surface area (Å²) in [6.45, 7) is 0.814. The third-order valence-electron chi connectivity index (χ3n) is 6.96. The zero-order valence-electron chi connectivity index (χ0n) is 20.5. The van der Waals surface area contributed by atoms with Gasteiger partial charge in [-0.15, -0.1) is 0 Å². The summed E-state index contributed by atoms with van der Waals surface area (Å²) < 4.78 is 29.1. The molecule has 2 amide bonds. The molecule has 0 atom stereocenters. The molecule has 3 aromatic heterocycles. The Morgan fingerprint density at radius 1 is 1.10 bits per heavy atom. The zero-order chi connectivity index (χ0) is 27.3. The molecular formula is C26H23F2N9O2. The highest BCUT2D eigenvalue weighted by molar-refractivity contribution is 6.07. The Morgan fingerprint density at radius 3 is 2.56 bits per heavy atom. The molecular weight excluding hydrogens is 508 g/mol. The molecule has 0 bridgehead atoms. The van der Waals surface area contributed by atoms with Gasteiger partial charge in [0.15, 0.2) is 11.6 Å². The molecule has 198 valence electrons. The first-order valence-electron chi connectivity index (χ1n) is 12.2. The Morgan fingerprint density at radius 2 is 1.85 bits per heavy atom. The summed E-state index contributed by atoms with van der Waals surface area (Å²) in [5.74, 6) is -1.82. The van der Waals surface area contributed by atoms with Crippen LogP contribution in [0.2, 0.25) is 0 Å². The highest BCUT2D eigenvalue weighted by atomic mass is 19.1. The molecule has 6 N–H and O–H groups in total. The number of nitrogens with two attached hydrogens (primary N) is 2. The van der Waals surface area contributed by atoms with Crippen molar-refractivity contribution in [2.75, 3.05) is 24.1 Å². The number of rotatable bonds is 5. The molecule has 0 unspecified atom stereocenters. The van der Waals surface area contributed by atoms with Gasteiger partial charge in [-0.25, -0.2) is 23.3 Å². The lowest BCUT2D eigenvalue weighted by atomic mass is 9.95. The number of carbonyl (C=O) groups excluding carboxylic acids is 2. The number of nitrogen functional groups attached to an aromatic ring is 1. The van der Waals surface area contributed by atoms with Crippen LogP contribution in [0.4, 0.5) is 26.2 Å². The Kier molecular flexibility index (Phi) is 5.82. The van der Waals surface area contributed by atoms with E-state index in [0.717, 1.165) is 6.07 Å². The van der Waals surface area contributed by atoms with E-state index in [1.807, 2.05) is 0 Å². The van der Waals surface area contributed by atoms with Gasteiger partial charge in [-0.05, 0) is 36.6 Å². The molecule has 1 saturated heterocycles. The maximum atomic E-state index is 14.0. The summed E-state index contributed by atoms with van der Waals surface area (Å²) in [6, 6.07) is 9.05. The average molecular weight is 532 g/mol. The van der Waals surface area contributed by atoms with Gasteiger partial charge >= 0.3 is 0 Å². The van der Waals surface area contributed by atoms with Crippen LogP contribution in [-0.4, -0.2) is 54.4 Å². The summed E-state index contributed by atoms with van der Waals surface area (Å²) >= 11 is 0. The molecule has 0 radical (unpaired) electrons. The summed E-state index contributed by atoms with van der Waals surface area (Å²) in [4.78, 5) is 38.0. The number of hydrogen-bond acceptors (Lipinski definition) is 7. The van der Waals surface area contributed by atoms with Crippen LogP contribution in [0.15, 0.2) is 48.9 Å². The Hall–Kier alpha value is -5.07. The summed E-state index contributed by atoms with van der Waals surface area (Å²) in [5, 5.41) is 7.27. The number of halogens is 2. The van der Waals surface area contributed by atoms with Gasteiger partial charge < -0.3 is 26.7 Å². The quantitative estimate of drug-likeness (QED) is 0.271. The van der Waals surface area contributed by atoms with Crippen LogP contribution in [0.5, 0.6) is 0 Å². The summed E-state index contributed by atoms with van der Waals surface area (Å²) in [7, 11) is 0. The molecule has 11 nitrogen and oxygen atoms in total. The lowest BCUT2D eigenvalue weighted by Gasteiger charge is -2.30. The van der Waals surface area contributed by atoms with E-state index >= 15 is 0 Å². The minimum absolute atomic E-state index is 0.0225. The van der Waals surface area contributed by atoms with Crippen LogP contribution < -0.4 is 16.8 Å². The largest absolute Gasteiger partial charge is 0.382 e. The van der Waals surface area contributed by atoms with Crippen molar-refractivity contribution in [1.82, 2.24) is 29.5 Å². The van der Waals surface area contributed by atoms with E-state index in [-0.39, 0.29) is 40.5 Å². The highest BCUT2D eigenvalue weighted by Crippen LogP contribution is 2.35. The van der Waals surface area contributed by atoms with E-state index in [1.54, 1.807) is 35.4 Å². The van der Waals surface area contributed by atoms with Gasteiger partial charge in [0.1, 0.15) is 23.2 Å². The number of nitrogens with zero attached hydrogens (tertiary/aromatic N) is 5. The number of fused-ring (bicyclic) bond motifs is 2. The van der Waals surface area contributed by atoms with E-state index in [4.69, 9.17) is 11.5 Å². The Labute approximate surface area is 219 Å². The van der Waals surface area contributed by atoms with Gasteiger partial charge in [0, 0.05) is 42.5 Å². The van der Waals surface area contributed by atoms with Gasteiger partial charge in [-0.2, -0.15) is 5.10 Å². The summed E-state index contributed by atoms with van der Waals surface area (Å²) in [5.41, 5.74) is 14.7. The van der Waals surface area contributed by atoms with E-state index < -0.39 is 11.6 Å². The monoisotopic (exact) mass is 531 g/mol. The van der Waals surface area contributed by atoms with E-state index in [2.05, 4.69) is 25.4 Å². The number of H-pyrrole nitrogens is 1. The number of likely N-dealkylation sites (tertiary alicyclic amines) is 1. The lowest BCUT2D eigenvalue weighted by Crippen LogP contribution is -2.41. The third kappa shape index (κ3) is 4.37. The van der Waals surface area contributed by atoms with Crippen molar-refractivity contribution in [3.8, 4) is 11.1 Å². The molecule has 2 aromatic carbocycles. The van der Waals surface area contributed by atoms with Crippen molar-refractivity contribution >= 4 is 45.8 Å². The minimum Gasteiger partial charge on any atom is -0.382 e. The van der Waals surface area contributed by atoms with Crippen LogP contribution in [0, 0.1) is 17.6 Å². The fourth-order valence-corrected chi connectivity index (χ4v) is 4.98. The van der Waals surface area contributed by atoms with Gasteiger partial charge in [0.25, 0.3) is 5.91 Å². The van der Waals surface area contributed by atoms with Crippen LogP contribution in [0.3, 0.4) is 0 Å². The first-order valence-corrected chi connectivity index (χ1v) is 12.2. The maximum Gasteiger partial charge on any atom is 0.256 e. The number of primary amides is 1. The molecule has 6 rings (SSSR count). The molecule has 4 heterocycles. The van der Waals surface area contributed by atoms with Gasteiger partial charge in [-0.3, -0.25) is 9.59 Å². The average Bonchev–Trinajstić information content (AvgIpc) is 3.51. The van der Waals surface area contributed by atoms with Crippen molar-refractivity contribution in [3.05, 3.63) is 66.1 Å². The van der Waals surface area contributed by atoms with Crippen molar-refractivity contribution in [2.24, 2.45) is 11.7 Å². The van der Waals surface area contributed by atoms with E-state index in [0.29, 0.717) is 53.8 Å². The number of aromatic amines is 1. The van der Waals surface area contributed by atoms with Crippen LogP contribution in [0.1, 0.15) is 23.2 Å². The van der Waals surface area contributed by atoms with Crippen LogP contribution >= 0.6 is 0 Å². The molecule has 1 fully saturated rings. The number of amides is 2. The maximum absolute atomic E-state index is 14.0. The van der Waals surface area contributed by atoms with Crippen molar-refractivity contribution in [2.45, 2.75) is 12.8 Å². The number of piperidine rings is 1. The third-order valence-corrected chi connectivity index (χ3v) is 6.96. The normalized spacial score (nSPS) is 14.3. The summed E-state index contributed by atoms with van der Waals surface area (Å²) in [6.07, 6.45) is 3.95. The molecule has 5 aromatic rings. The van der Waals surface area contributed by atoms with Gasteiger partial charge in [0.2, 0.25) is 11.9 Å². The standard InChI is InChI=1S/C26H23F2N9O2/c27-15-9-18(28)21-19(10-15)34-26(35-21)33-16-3-1-13(2-4-16)20-17(11-37-22(20)23(29)31-12-32-37)25(39)36-7-5-14(6-8-36)24(30)38/h1-4,9-12,14H,5-8H2,(H2,30,38)(H2,29,31,32)(H2,33,34,35). The fourth-order valence-electron chi connectivity index (χ4n) is 4.98. The van der Waals surface area contributed by atoms with Gasteiger partial charge in [-0.1, -0.05) is 12.1 Å². The predicted octanol–water partition coefficient (Wildman–Crippen LogP) is 3.21. The van der Waals surface area contributed by atoms with E-state index in [1.165, 1.54) is 16.9 Å². The molecule has 1 aliphatic heterocycles. The number of anilines is 3. The number of benzene rings is 2. The zero-order valence-corrected chi connectivity index (χ0v) is 20.5. The van der Waals surface area contributed by atoms with Crippen LogP contribution in [0.25, 0.3) is 27.7 Å². The molecule has 13 heteroatoms. The lowest BCUT2D eigenvalue weighted by molar-refractivity contribution is -0.123. The van der Waals surface area contributed by atoms with Crippen molar-refractivity contribution < 1.29 is 18.4 Å². The topological polar surface area (TPSA) is 160 Å². The number of nitrogens with one attached hydrogen (secondary N) is 2. The molecule has 0 aliphatic carbocycles. The molecule has 39 heavy (non-hydrogen) atoms. The van der Waals surface area contributed by atoms with Crippen LogP contribution in [-0.2, 0) is 4.79 Å². The second kappa shape index (κ2) is 9.35. The molecule has 1 aliphatic rings. The minimum atomic E-state index is -0.763. The smallest absolute Gasteiger partial charge is 0.256 e. The first kappa shape index (κ1) is 24.3. The number of aromatic nitrogens is 5. The highest BCUT2D eigenvalue weighted by Gasteiger charge is 2.30. The molecule has 0 spiro atoms. The number of hydrogen-bond donors (Lipinski definition) is 4. The molecule has 0 saturated carbocycles. The fraction of sp³-hybridized carbons (Fsp3) is 0.192. The second-order valence-electron chi connectivity index (χ2n) is 9.40. The van der Waals surface area contributed by atoms with Crippen molar-refractivity contribution in [1.29, 1.82) is 0 Å². The Balaban J connectivity index is 1.32. The predicted molar refractivity (Wildman–Crippen MR) is 140 cm³/mol. The van der Waals surface area contributed by atoms with Gasteiger partial charge in [0.05, 0.1) is 11.1 Å². The number of carbonyl (C=O) groups is 2. The first-order chi connectivity index (χ1) is 18.8. The second-order valence-corrected chi connectivity index (χ2v) is 9.40.